The van der Waals surface area contributed by atoms with Crippen molar-refractivity contribution in [1.29, 1.82) is 0 Å². The number of ether oxygens (including phenoxy) is 5. The van der Waals surface area contributed by atoms with Gasteiger partial charge in [0.05, 0.1) is 32.0 Å². The monoisotopic (exact) mass is 873 g/mol. The van der Waals surface area contributed by atoms with E-state index in [4.69, 9.17) is 37.8 Å². The van der Waals surface area contributed by atoms with Gasteiger partial charge in [0.25, 0.3) is 0 Å². The van der Waals surface area contributed by atoms with Crippen molar-refractivity contribution in [3.8, 4) is 5.75 Å². The maximum absolute atomic E-state index is 14.9. The Morgan fingerprint density at radius 2 is 1.69 bits per heavy atom. The highest BCUT2D eigenvalue weighted by molar-refractivity contribution is 7.14. The van der Waals surface area contributed by atoms with Gasteiger partial charge in [-0.2, -0.15) is 0 Å². The number of esters is 1. The van der Waals surface area contributed by atoms with E-state index in [1.54, 1.807) is 53.0 Å². The fourth-order valence-corrected chi connectivity index (χ4v) is 9.92. The van der Waals surface area contributed by atoms with Crippen LogP contribution in [0.4, 0.5) is 9.93 Å². The molecule has 3 aromatic rings. The minimum Gasteiger partial charge on any atom is -0.496 e. The number of oxime groups is 1. The zero-order chi connectivity index (χ0) is 44.6. The summed E-state index contributed by atoms with van der Waals surface area (Å²) in [6, 6.07) is 13.2. The summed E-state index contributed by atoms with van der Waals surface area (Å²) in [4.78, 5) is 52.0. The highest BCUT2D eigenvalue weighted by Crippen LogP contribution is 2.66. The molecule has 3 heterocycles. The summed E-state index contributed by atoms with van der Waals surface area (Å²) in [5, 5.41) is 8.91. The summed E-state index contributed by atoms with van der Waals surface area (Å²) in [5.74, 6) is -0.506. The van der Waals surface area contributed by atoms with Crippen LogP contribution < -0.4 is 10.1 Å². The van der Waals surface area contributed by atoms with Crippen molar-refractivity contribution in [3.63, 3.8) is 0 Å². The Kier molecular flexibility index (Phi) is 13.3. The summed E-state index contributed by atoms with van der Waals surface area (Å²) in [7, 11) is 0.710. The van der Waals surface area contributed by atoms with Gasteiger partial charge in [0.1, 0.15) is 34.8 Å². The third-order valence-electron chi connectivity index (χ3n) is 12.3. The van der Waals surface area contributed by atoms with Crippen LogP contribution in [0, 0.1) is 17.3 Å². The Hall–Kier alpha value is -4.35. The summed E-state index contributed by atoms with van der Waals surface area (Å²) >= 11 is 1.13. The van der Waals surface area contributed by atoms with Gasteiger partial charge in [-0.1, -0.05) is 61.5 Å². The number of rotatable bonds is 14. The van der Waals surface area contributed by atoms with Gasteiger partial charge < -0.3 is 37.8 Å². The molecule has 5 atom stereocenters. The van der Waals surface area contributed by atoms with E-state index in [1.807, 2.05) is 36.4 Å². The molecule has 2 aliphatic heterocycles. The normalized spacial score (nSPS) is 24.1. The van der Waals surface area contributed by atoms with Gasteiger partial charge >= 0.3 is 19.2 Å². The highest BCUT2D eigenvalue weighted by atomic mass is 32.1. The van der Waals surface area contributed by atoms with Crippen molar-refractivity contribution in [3.05, 3.63) is 75.8 Å². The molecule has 1 unspecified atom stereocenters. The molecular weight excluding hydrogens is 813 g/mol. The summed E-state index contributed by atoms with van der Waals surface area (Å²) in [5.41, 5.74) is 0.353. The SMILES string of the molecule is COc1c(C[C@H](CC(=O)/C(=N\OCc2ccccc2)c2csc(NC(=O)OC(C)(C)C)n2)B2OC3C[C@@H]4C[C@@H](C4(C)C)[C@]3(C)O2)ccc(C2OCCCO2)c1C(=O)OC(C)(C)C. The summed E-state index contributed by atoms with van der Waals surface area (Å²) in [6.07, 6.45) is 1.11. The smallest absolute Gasteiger partial charge is 0.461 e. The van der Waals surface area contributed by atoms with Crippen LogP contribution in [0.3, 0.4) is 0 Å². The highest BCUT2D eigenvalue weighted by Gasteiger charge is 2.68. The van der Waals surface area contributed by atoms with E-state index in [0.29, 0.717) is 30.3 Å². The number of methoxy groups -OCH3 is 1. The zero-order valence-corrected chi connectivity index (χ0v) is 38.3. The zero-order valence-electron chi connectivity index (χ0n) is 37.5. The van der Waals surface area contributed by atoms with E-state index < -0.39 is 48.1 Å². The number of ketones is 1. The van der Waals surface area contributed by atoms with Crippen LogP contribution in [-0.2, 0) is 50.9 Å². The van der Waals surface area contributed by atoms with Crippen LogP contribution in [-0.4, -0.2) is 78.9 Å². The van der Waals surface area contributed by atoms with Crippen molar-refractivity contribution in [2.75, 3.05) is 25.6 Å². The van der Waals surface area contributed by atoms with Crippen LogP contribution in [0.25, 0.3) is 0 Å². The minimum atomic E-state index is -0.805. The van der Waals surface area contributed by atoms with Gasteiger partial charge in [-0.05, 0) is 103 Å². The molecule has 2 saturated heterocycles. The quantitative estimate of drug-likeness (QED) is 0.0709. The topological polar surface area (TPSA) is 162 Å². The lowest BCUT2D eigenvalue weighted by Crippen LogP contribution is -2.65. The first-order valence-corrected chi connectivity index (χ1v) is 22.4. The first-order valence-electron chi connectivity index (χ1n) is 21.5. The molecule has 62 heavy (non-hydrogen) atoms. The lowest BCUT2D eigenvalue weighted by Gasteiger charge is -2.64. The van der Waals surface area contributed by atoms with E-state index in [9.17, 15) is 14.4 Å². The minimum absolute atomic E-state index is 0.0345. The van der Waals surface area contributed by atoms with E-state index >= 15 is 0 Å². The number of benzene rings is 2. The molecule has 5 fully saturated rings. The van der Waals surface area contributed by atoms with Crippen LogP contribution >= 0.6 is 11.3 Å². The second kappa shape index (κ2) is 18.0. The van der Waals surface area contributed by atoms with Gasteiger partial charge in [0.2, 0.25) is 0 Å². The predicted octanol–water partition coefficient (Wildman–Crippen LogP) is 9.11. The first-order chi connectivity index (χ1) is 29.3. The molecule has 0 spiro atoms. The molecule has 16 heteroatoms. The van der Waals surface area contributed by atoms with Gasteiger partial charge in [0, 0.05) is 23.2 Å². The fourth-order valence-electron chi connectivity index (χ4n) is 9.24. The van der Waals surface area contributed by atoms with Crippen molar-refractivity contribution < 1.29 is 52.2 Å². The number of nitrogens with zero attached hydrogens (tertiary/aromatic N) is 2. The Labute approximate surface area is 368 Å². The molecule has 1 N–H and O–H groups in total. The Morgan fingerprint density at radius 1 is 0.984 bits per heavy atom. The number of hydrogen-bond acceptors (Lipinski definition) is 14. The van der Waals surface area contributed by atoms with Gasteiger partial charge in [-0.15, -0.1) is 11.3 Å². The largest absolute Gasteiger partial charge is 0.496 e. The molecule has 0 radical (unpaired) electrons. The second-order valence-corrected chi connectivity index (χ2v) is 20.3. The van der Waals surface area contributed by atoms with E-state index in [1.165, 1.54) is 7.11 Å². The molecule has 5 aliphatic rings. The second-order valence-electron chi connectivity index (χ2n) is 19.4. The molecule has 8 rings (SSSR count). The van der Waals surface area contributed by atoms with Crippen molar-refractivity contribution in [2.24, 2.45) is 22.4 Å². The molecular formula is C46H60BN3O11S. The van der Waals surface area contributed by atoms with Crippen LogP contribution in [0.15, 0.2) is 53.0 Å². The number of carbonyl (C=O) groups is 3. The number of hydrogen-bond donors (Lipinski definition) is 1. The van der Waals surface area contributed by atoms with Crippen LogP contribution in [0.1, 0.15) is 127 Å². The standard InChI is InChI=1S/C46H60BN3O11S/c1-43(2,3)58-39(52)36-31(40-55-19-14-20-56-40)18-17-28(38(36)54-10)21-30(47-60-35-23-29-22-34(45(29,7)8)46(35,9)61-47)24-33(51)37(50-57-25-27-15-12-11-13-16-27)32-26-62-41(48-32)49-42(53)59-44(4,5)6/h11-13,15-18,26,29-30,34-35,40H,14,19-25H2,1-10H3,(H,48,49,53)/b50-37-/t29-,30+,34-,35?,46-/m0/s1. The molecule has 1 amide bonds. The van der Waals surface area contributed by atoms with E-state index in [-0.39, 0.29) is 70.5 Å². The van der Waals surface area contributed by atoms with Crippen molar-refractivity contribution in [1.82, 2.24) is 4.98 Å². The van der Waals surface area contributed by atoms with Crippen LogP contribution in [0.2, 0.25) is 5.82 Å². The number of nitrogens with one attached hydrogen (secondary N) is 1. The molecule has 334 valence electrons. The molecule has 14 nitrogen and oxygen atoms in total. The average molecular weight is 874 g/mol. The Balaban J connectivity index is 1.25. The Morgan fingerprint density at radius 3 is 2.35 bits per heavy atom. The third kappa shape index (κ3) is 10.0. The maximum atomic E-state index is 14.9. The number of Topliss-reactive ketones (excluding diaryl/α,β-unsaturated/α-hetero) is 1. The number of carbonyl (C=O) groups excluding carboxylic acids is 3. The van der Waals surface area contributed by atoms with Crippen LogP contribution in [0.5, 0.6) is 5.75 Å². The maximum Gasteiger partial charge on any atom is 0.461 e. The van der Waals surface area contributed by atoms with Crippen molar-refractivity contribution >= 4 is 47.1 Å². The molecule has 2 aromatic carbocycles. The number of amides is 1. The van der Waals surface area contributed by atoms with Crippen molar-refractivity contribution in [2.45, 2.75) is 136 Å². The third-order valence-corrected chi connectivity index (χ3v) is 13.0. The van der Waals surface area contributed by atoms with Gasteiger partial charge in [-0.25, -0.2) is 14.6 Å². The van der Waals surface area contributed by atoms with Gasteiger partial charge in [0.15, 0.2) is 22.9 Å². The predicted molar refractivity (Wildman–Crippen MR) is 234 cm³/mol. The number of thiazole rings is 1. The van der Waals surface area contributed by atoms with Gasteiger partial charge in [-0.3, -0.25) is 10.1 Å². The molecule has 1 aromatic heterocycles. The lowest BCUT2D eigenvalue weighted by molar-refractivity contribution is -0.199. The lowest BCUT2D eigenvalue weighted by atomic mass is 9.43. The number of anilines is 1. The number of aromatic nitrogens is 1. The molecule has 3 saturated carbocycles. The average Bonchev–Trinajstić information content (AvgIpc) is 3.81. The first kappa shape index (κ1) is 45.7. The molecule has 3 aliphatic carbocycles. The summed E-state index contributed by atoms with van der Waals surface area (Å²) < 4.78 is 43.3. The summed E-state index contributed by atoms with van der Waals surface area (Å²) in [6.45, 7) is 18.5. The van der Waals surface area contributed by atoms with E-state index in [2.05, 4.69) is 36.2 Å². The fraction of sp³-hybridized carbons (Fsp3) is 0.587. The van der Waals surface area contributed by atoms with E-state index in [0.717, 1.165) is 36.2 Å². The Bertz CT molecular complexity index is 2140. The molecule has 2 bridgehead atoms.